The lowest BCUT2D eigenvalue weighted by Gasteiger charge is -2.24. The third-order valence-corrected chi connectivity index (χ3v) is 18.8. The van der Waals surface area contributed by atoms with Crippen molar-refractivity contribution in [2.75, 3.05) is 0 Å². The Balaban J connectivity index is 1.07. The van der Waals surface area contributed by atoms with Gasteiger partial charge in [-0.15, -0.1) is 0 Å². The number of aromatic nitrogens is 4. The maximum absolute atomic E-state index is 16.3. The Bertz CT molecular complexity index is 4640. The summed E-state index contributed by atoms with van der Waals surface area (Å²) < 4.78 is 313. The van der Waals surface area contributed by atoms with Crippen molar-refractivity contribution in [2.45, 2.75) is 77.0 Å². The molecular formula is C72H44F20N8. The normalized spacial score (nSPS) is 20.5. The first-order valence-corrected chi connectivity index (χ1v) is 29.8. The molecule has 0 radical (unpaired) electrons. The summed E-state index contributed by atoms with van der Waals surface area (Å²) in [6.07, 6.45) is 9.28. The van der Waals surface area contributed by atoms with Gasteiger partial charge in [0.15, 0.2) is 93.1 Å². The molecule has 9 heterocycles. The Kier molecular flexibility index (Phi) is 15.9. The van der Waals surface area contributed by atoms with Gasteiger partial charge in [0.05, 0.1) is 45.0 Å². The minimum absolute atomic E-state index is 0.0531. The number of nitrogens with one attached hydrogen (secondary N) is 4. The number of aromatic amines is 4. The molecule has 5 aliphatic heterocycles. The van der Waals surface area contributed by atoms with E-state index >= 15 is 70.2 Å². The second-order valence-electron chi connectivity index (χ2n) is 25.9. The predicted molar refractivity (Wildman–Crippen MR) is 331 cm³/mol. The Morgan fingerprint density at radius 3 is 0.530 bits per heavy atom. The molecule has 512 valence electrons. The molecule has 8 aromatic rings. The van der Waals surface area contributed by atoms with Gasteiger partial charge in [-0.2, -0.15) is 0 Å². The van der Waals surface area contributed by atoms with Crippen LogP contribution in [0.3, 0.4) is 0 Å². The Labute approximate surface area is 552 Å². The standard InChI is InChI=1S/C72H44F20N8/c1-69(2)25-17-33(93-21-25)42(46-51(75)59(83)66(90)60(84)52(46)76)30-10-14-38(98-30)71(5,6)27-19-35(95-23-27)44(48-55(79)63(87)68(92)64(88)56(48)80)32-12-16-40(100-32)72(7,8)28-20-36(96-24-28)43(47-53(77)61(85)67(91)62(86)54(47)78)31-11-15-39(99-31)70(3,4)26-18-34(94-22-26)41(29-9-13-37(69)97-29)45-49(73)57(81)65(89)58(82)50(45)74/h9-24,97-100H,1-8H3/b41-34-,42-33-,43-36-,44-35-. The van der Waals surface area contributed by atoms with E-state index in [-0.39, 0.29) is 67.8 Å². The van der Waals surface area contributed by atoms with Crippen LogP contribution in [0.4, 0.5) is 87.8 Å². The van der Waals surface area contributed by atoms with Crippen molar-refractivity contribution in [1.29, 1.82) is 0 Å². The lowest BCUT2D eigenvalue weighted by molar-refractivity contribution is 0.376. The summed E-state index contributed by atoms with van der Waals surface area (Å²) in [5.41, 5.74) is -17.6. The molecule has 0 spiro atoms. The third kappa shape index (κ3) is 10.1. The average molecular weight is 1400 g/mol. The lowest BCUT2D eigenvalue weighted by Crippen LogP contribution is -2.21. The number of nitrogens with zero attached hydrogens (tertiary/aromatic N) is 4. The van der Waals surface area contributed by atoms with Crippen LogP contribution >= 0.6 is 0 Å². The number of rotatable bonds is 4. The van der Waals surface area contributed by atoms with Crippen LogP contribution in [0.25, 0.3) is 22.3 Å². The fraction of sp³-hybridized carbons (Fsp3) is 0.167. The van der Waals surface area contributed by atoms with Crippen molar-refractivity contribution in [3.8, 4) is 0 Å². The summed E-state index contributed by atoms with van der Waals surface area (Å²) in [5.74, 6) is -47.4. The maximum atomic E-state index is 16.3. The number of benzene rings is 4. The number of hydrogen-bond donors (Lipinski definition) is 4. The fourth-order valence-electron chi connectivity index (χ4n) is 12.5. The van der Waals surface area contributed by atoms with Crippen molar-refractivity contribution >= 4 is 47.2 Å². The first-order valence-electron chi connectivity index (χ1n) is 29.8. The molecule has 8 nitrogen and oxygen atoms in total. The first-order chi connectivity index (χ1) is 46.9. The largest absolute Gasteiger partial charge is 0.358 e. The van der Waals surface area contributed by atoms with Crippen LogP contribution in [0.2, 0.25) is 0 Å². The van der Waals surface area contributed by atoms with Crippen LogP contribution in [-0.4, -0.2) is 44.8 Å². The second-order valence-corrected chi connectivity index (χ2v) is 25.9. The Morgan fingerprint density at radius 2 is 0.370 bits per heavy atom. The summed E-state index contributed by atoms with van der Waals surface area (Å²) in [6.45, 7) is 12.0. The van der Waals surface area contributed by atoms with Crippen LogP contribution in [0.5, 0.6) is 0 Å². The lowest BCUT2D eigenvalue weighted by atomic mass is 9.81. The summed E-state index contributed by atoms with van der Waals surface area (Å²) in [6, 6.07) is 9.96. The molecule has 28 heteroatoms. The van der Waals surface area contributed by atoms with Gasteiger partial charge in [0.2, 0.25) is 23.3 Å². The topological polar surface area (TPSA) is 113 Å². The van der Waals surface area contributed by atoms with Crippen LogP contribution in [0.1, 0.15) is 123 Å². The van der Waals surface area contributed by atoms with Crippen LogP contribution in [0.15, 0.2) is 138 Å². The number of allylic oxidation sites excluding steroid dienone is 8. The highest BCUT2D eigenvalue weighted by atomic mass is 19.2. The van der Waals surface area contributed by atoms with E-state index in [1.807, 2.05) is 0 Å². The number of halogens is 20. The Morgan fingerprint density at radius 1 is 0.220 bits per heavy atom. The van der Waals surface area contributed by atoms with Gasteiger partial charge in [0.1, 0.15) is 0 Å². The number of H-pyrrole nitrogens is 4. The number of aliphatic imine (C=N–C) groups is 4. The van der Waals surface area contributed by atoms with E-state index in [1.165, 1.54) is 128 Å². The minimum Gasteiger partial charge on any atom is -0.358 e. The zero-order valence-electron chi connectivity index (χ0n) is 52.6. The van der Waals surface area contributed by atoms with Crippen molar-refractivity contribution in [3.63, 3.8) is 0 Å². The van der Waals surface area contributed by atoms with E-state index in [0.717, 1.165) is 24.9 Å². The molecule has 4 aromatic heterocycles. The average Bonchev–Trinajstić information content (AvgIpc) is 0.942. The van der Waals surface area contributed by atoms with E-state index in [4.69, 9.17) is 0 Å². The molecule has 0 saturated carbocycles. The zero-order valence-corrected chi connectivity index (χ0v) is 52.6. The Hall–Kier alpha value is -10.8. The van der Waals surface area contributed by atoms with Gasteiger partial charge in [-0.05, 0) is 95.1 Å². The van der Waals surface area contributed by atoms with Gasteiger partial charge in [-0.1, -0.05) is 55.4 Å². The first kappa shape index (κ1) is 67.8. The molecule has 16 bridgehead atoms. The van der Waals surface area contributed by atoms with Crippen LogP contribution in [0, 0.1) is 116 Å². The van der Waals surface area contributed by atoms with Gasteiger partial charge < -0.3 is 19.9 Å². The SMILES string of the molecule is CC1(C)C2=C/C(=C(/c3c(F)c(F)c(F)c(F)c3F)c3ccc([nH]3)C(C)(C)C3=C/C(=C(/c4c(F)c(F)c(F)c(F)c4F)c4ccc([nH]4)C(C)(C)C4=C/C(=C(/c5c(F)c(F)c(F)c(F)c5F)c5ccc([nH]5)C(C)(C)C5=C/C(=C(/c6c(F)c(F)c(F)c(F)c6F)c6ccc1[nH]6)N=C5)N=C4)N=C3)N=C2. The molecule has 0 fully saturated rings. The molecule has 0 aliphatic carbocycles. The number of fused-ring (bicyclic) bond motifs is 12. The third-order valence-electron chi connectivity index (χ3n) is 18.8. The maximum Gasteiger partial charge on any atom is 0.200 e. The van der Waals surface area contributed by atoms with Crippen LogP contribution < -0.4 is 0 Å². The zero-order chi connectivity index (χ0) is 72.4. The summed E-state index contributed by atoms with van der Waals surface area (Å²) in [5, 5.41) is 0. The van der Waals surface area contributed by atoms with Gasteiger partial charge in [0, 0.05) is 114 Å². The molecule has 0 atom stereocenters. The van der Waals surface area contributed by atoms with Gasteiger partial charge >= 0.3 is 0 Å². The van der Waals surface area contributed by atoms with Gasteiger partial charge in [-0.3, -0.25) is 20.0 Å². The van der Waals surface area contributed by atoms with Gasteiger partial charge in [0.25, 0.3) is 0 Å². The quantitative estimate of drug-likeness (QED) is 0.0764. The molecule has 13 rings (SSSR count). The van der Waals surface area contributed by atoms with E-state index in [9.17, 15) is 17.6 Å². The van der Waals surface area contributed by atoms with E-state index in [0.29, 0.717) is 0 Å². The van der Waals surface area contributed by atoms with Crippen molar-refractivity contribution in [3.05, 3.63) is 302 Å². The highest BCUT2D eigenvalue weighted by Crippen LogP contribution is 2.48. The van der Waals surface area contributed by atoms with E-state index in [1.54, 1.807) is 0 Å². The molecule has 0 unspecified atom stereocenters. The fourth-order valence-corrected chi connectivity index (χ4v) is 12.5. The molecule has 100 heavy (non-hydrogen) atoms. The minimum atomic E-state index is -2.52. The van der Waals surface area contributed by atoms with Crippen molar-refractivity contribution < 1.29 is 87.8 Å². The molecular weight excluding hydrogens is 1360 g/mol. The summed E-state index contributed by atoms with van der Waals surface area (Å²) in [4.78, 5) is 29.2. The van der Waals surface area contributed by atoms with Crippen LogP contribution in [-0.2, 0) is 21.7 Å². The monoisotopic (exact) mass is 1400 g/mol. The molecule has 4 aromatic carbocycles. The molecule has 5 aliphatic rings. The summed E-state index contributed by atoms with van der Waals surface area (Å²) in [7, 11) is 0. The molecule has 0 saturated heterocycles. The van der Waals surface area contributed by atoms with Crippen molar-refractivity contribution in [1.82, 2.24) is 19.9 Å². The van der Waals surface area contributed by atoms with Gasteiger partial charge in [-0.25, -0.2) is 87.8 Å². The van der Waals surface area contributed by atoms with Crippen molar-refractivity contribution in [2.24, 2.45) is 20.0 Å². The highest BCUT2D eigenvalue weighted by Gasteiger charge is 2.41. The number of hydrogen-bond acceptors (Lipinski definition) is 4. The predicted octanol–water partition coefficient (Wildman–Crippen LogP) is 19.1. The molecule has 4 N–H and O–H groups in total. The summed E-state index contributed by atoms with van der Waals surface area (Å²) >= 11 is 0. The van der Waals surface area contributed by atoms with E-state index < -0.39 is 205 Å². The molecule has 0 amide bonds. The highest BCUT2D eigenvalue weighted by molar-refractivity contribution is 5.98. The second kappa shape index (κ2) is 23.4. The van der Waals surface area contributed by atoms with E-state index in [2.05, 4.69) is 39.9 Å². The smallest absolute Gasteiger partial charge is 0.200 e.